The van der Waals surface area contributed by atoms with Crippen LogP contribution >= 0.6 is 0 Å². The van der Waals surface area contributed by atoms with Gasteiger partial charge in [0.05, 0.1) is 0 Å². The van der Waals surface area contributed by atoms with Crippen LogP contribution in [0.25, 0.3) is 0 Å². The van der Waals surface area contributed by atoms with Crippen LogP contribution in [0.3, 0.4) is 0 Å². The first-order valence-electron chi connectivity index (χ1n) is 4.39. The summed E-state index contributed by atoms with van der Waals surface area (Å²) in [7, 11) is 0. The highest BCUT2D eigenvalue weighted by atomic mass is 16.1. The summed E-state index contributed by atoms with van der Waals surface area (Å²) in [5.41, 5.74) is 1.32. The minimum absolute atomic E-state index is 0.302. The molecule has 2 rings (SSSR count). The summed E-state index contributed by atoms with van der Waals surface area (Å²) in [4.78, 5) is 11.4. The molecule has 60 valence electrons. The Balaban J connectivity index is 2.34. The second-order valence-corrected chi connectivity index (χ2v) is 3.99. The maximum absolute atomic E-state index is 11.4. The highest BCUT2D eigenvalue weighted by Gasteiger charge is 2.38. The van der Waals surface area contributed by atoms with Gasteiger partial charge in [-0.2, -0.15) is 0 Å². The van der Waals surface area contributed by atoms with Gasteiger partial charge >= 0.3 is 0 Å². The lowest BCUT2D eigenvalue weighted by Gasteiger charge is -2.21. The molecule has 3 atom stereocenters. The second-order valence-electron chi connectivity index (χ2n) is 3.99. The molecule has 0 aliphatic heterocycles. The van der Waals surface area contributed by atoms with E-state index in [1.807, 2.05) is 0 Å². The molecule has 1 saturated carbocycles. The van der Waals surface area contributed by atoms with Gasteiger partial charge < -0.3 is 0 Å². The molecule has 1 nitrogen and oxygen atoms in total. The van der Waals surface area contributed by atoms with Crippen molar-refractivity contribution in [1.29, 1.82) is 0 Å². The predicted molar refractivity (Wildman–Crippen MR) is 44.1 cm³/mol. The molecular formula is C10H14O. The third-order valence-corrected chi connectivity index (χ3v) is 3.21. The van der Waals surface area contributed by atoms with E-state index in [9.17, 15) is 4.79 Å². The van der Waals surface area contributed by atoms with E-state index in [4.69, 9.17) is 0 Å². The summed E-state index contributed by atoms with van der Waals surface area (Å²) in [5, 5.41) is 0. The zero-order chi connectivity index (χ0) is 8.01. The van der Waals surface area contributed by atoms with E-state index < -0.39 is 0 Å². The summed E-state index contributed by atoms with van der Waals surface area (Å²) in [6.07, 6.45) is 4.24. The van der Waals surface area contributed by atoms with Gasteiger partial charge in [-0.05, 0) is 25.2 Å². The van der Waals surface area contributed by atoms with Gasteiger partial charge in [-0.3, -0.25) is 4.79 Å². The highest BCUT2D eigenvalue weighted by molar-refractivity contribution is 5.86. The fourth-order valence-corrected chi connectivity index (χ4v) is 2.43. The predicted octanol–water partition coefficient (Wildman–Crippen LogP) is 2.18. The molecular weight excluding hydrogens is 136 g/mol. The van der Waals surface area contributed by atoms with Crippen LogP contribution in [0, 0.1) is 17.8 Å². The van der Waals surface area contributed by atoms with Gasteiger partial charge in [0.25, 0.3) is 0 Å². The Kier molecular flexibility index (Phi) is 1.41. The van der Waals surface area contributed by atoms with Crippen LogP contribution in [0.5, 0.6) is 0 Å². The molecule has 1 heteroatoms. The van der Waals surface area contributed by atoms with Crippen LogP contribution in [-0.2, 0) is 4.79 Å². The van der Waals surface area contributed by atoms with Crippen molar-refractivity contribution in [3.63, 3.8) is 0 Å². The van der Waals surface area contributed by atoms with Gasteiger partial charge in [0.1, 0.15) is 5.78 Å². The van der Waals surface area contributed by atoms with Crippen molar-refractivity contribution in [2.75, 3.05) is 0 Å². The van der Waals surface area contributed by atoms with E-state index >= 15 is 0 Å². The van der Waals surface area contributed by atoms with Crippen molar-refractivity contribution in [2.24, 2.45) is 17.8 Å². The molecule has 0 radical (unpaired) electrons. The fraction of sp³-hybridized carbons (Fsp3) is 0.700. The molecule has 2 aliphatic rings. The zero-order valence-corrected chi connectivity index (χ0v) is 7.13. The maximum Gasteiger partial charge on any atom is 0.140 e. The fourth-order valence-electron chi connectivity index (χ4n) is 2.43. The first kappa shape index (κ1) is 7.08. The van der Waals surface area contributed by atoms with Gasteiger partial charge in [0, 0.05) is 12.3 Å². The van der Waals surface area contributed by atoms with Gasteiger partial charge in [0.2, 0.25) is 0 Å². The average molecular weight is 150 g/mol. The summed E-state index contributed by atoms with van der Waals surface area (Å²) in [6.45, 7) is 4.32. The van der Waals surface area contributed by atoms with Crippen molar-refractivity contribution in [1.82, 2.24) is 0 Å². The SMILES string of the molecule is CC1=C[C@@H](C)[C@H]2CC(=O)[C@@H]1C2. The van der Waals surface area contributed by atoms with Crippen LogP contribution in [0.4, 0.5) is 0 Å². The molecule has 0 amide bonds. The molecule has 2 bridgehead atoms. The molecule has 0 aromatic rings. The maximum atomic E-state index is 11.4. The van der Waals surface area contributed by atoms with Crippen molar-refractivity contribution < 1.29 is 4.79 Å². The Morgan fingerprint density at radius 2 is 2.27 bits per heavy atom. The van der Waals surface area contributed by atoms with Gasteiger partial charge in [-0.15, -0.1) is 0 Å². The summed E-state index contributed by atoms with van der Waals surface area (Å²) >= 11 is 0. The molecule has 0 aromatic carbocycles. The highest BCUT2D eigenvalue weighted by Crippen LogP contribution is 2.42. The number of hydrogen-bond acceptors (Lipinski definition) is 1. The number of Topliss-reactive ketones (excluding diaryl/α,β-unsaturated/α-hetero) is 1. The normalized spacial score (nSPS) is 42.5. The number of allylic oxidation sites excluding steroid dienone is 2. The Labute approximate surface area is 67.5 Å². The van der Waals surface area contributed by atoms with E-state index in [2.05, 4.69) is 19.9 Å². The first-order chi connectivity index (χ1) is 5.18. The lowest BCUT2D eigenvalue weighted by atomic mass is 9.83. The monoisotopic (exact) mass is 150 g/mol. The van der Waals surface area contributed by atoms with Crippen LogP contribution in [-0.4, -0.2) is 5.78 Å². The summed E-state index contributed by atoms with van der Waals surface area (Å²) in [6, 6.07) is 0. The number of rotatable bonds is 0. The minimum atomic E-state index is 0.302. The molecule has 0 saturated heterocycles. The molecule has 0 aromatic heterocycles. The standard InChI is InChI=1S/C10H14O/c1-6-3-7(2)9-4-8(6)5-10(9)11/h3,6,8-9H,4-5H2,1-2H3/t6-,8-,9-/m1/s1. The Hall–Kier alpha value is -0.590. The van der Waals surface area contributed by atoms with Crippen molar-refractivity contribution in [3.8, 4) is 0 Å². The van der Waals surface area contributed by atoms with E-state index in [-0.39, 0.29) is 0 Å². The van der Waals surface area contributed by atoms with Crippen LogP contribution in [0.1, 0.15) is 26.7 Å². The number of hydrogen-bond donors (Lipinski definition) is 0. The summed E-state index contributed by atoms with van der Waals surface area (Å²) < 4.78 is 0. The van der Waals surface area contributed by atoms with Gasteiger partial charge in [-0.25, -0.2) is 0 Å². The zero-order valence-electron chi connectivity index (χ0n) is 7.13. The third kappa shape index (κ3) is 0.943. The van der Waals surface area contributed by atoms with Gasteiger partial charge in [-0.1, -0.05) is 18.6 Å². The number of carbonyl (C=O) groups excluding carboxylic acids is 1. The van der Waals surface area contributed by atoms with Crippen LogP contribution in [0.2, 0.25) is 0 Å². The second kappa shape index (κ2) is 2.20. The minimum Gasteiger partial charge on any atom is -0.299 e. The number of carbonyl (C=O) groups is 1. The van der Waals surface area contributed by atoms with E-state index in [1.165, 1.54) is 5.57 Å². The topological polar surface area (TPSA) is 17.1 Å². The molecule has 1 fully saturated rings. The van der Waals surface area contributed by atoms with Gasteiger partial charge in [0.15, 0.2) is 0 Å². The molecule has 2 aliphatic carbocycles. The Bertz CT molecular complexity index is 227. The molecule has 0 N–H and O–H groups in total. The first-order valence-corrected chi connectivity index (χ1v) is 4.39. The Morgan fingerprint density at radius 1 is 1.55 bits per heavy atom. The molecule has 0 spiro atoms. The average Bonchev–Trinajstić information content (AvgIpc) is 2.26. The lowest BCUT2D eigenvalue weighted by Crippen LogP contribution is -2.13. The van der Waals surface area contributed by atoms with Crippen LogP contribution in [0.15, 0.2) is 11.6 Å². The van der Waals surface area contributed by atoms with E-state index in [0.29, 0.717) is 23.5 Å². The Morgan fingerprint density at radius 3 is 3.00 bits per heavy atom. The molecule has 0 heterocycles. The smallest absolute Gasteiger partial charge is 0.140 e. The van der Waals surface area contributed by atoms with Crippen LogP contribution < -0.4 is 0 Å². The number of ketones is 1. The third-order valence-electron chi connectivity index (χ3n) is 3.21. The number of fused-ring (bicyclic) bond motifs is 2. The van der Waals surface area contributed by atoms with Crippen molar-refractivity contribution >= 4 is 5.78 Å². The molecule has 11 heavy (non-hydrogen) atoms. The largest absolute Gasteiger partial charge is 0.299 e. The summed E-state index contributed by atoms with van der Waals surface area (Å²) in [5.74, 6) is 2.08. The lowest BCUT2D eigenvalue weighted by molar-refractivity contribution is -0.119. The molecule has 0 unspecified atom stereocenters. The van der Waals surface area contributed by atoms with E-state index in [1.54, 1.807) is 0 Å². The quantitative estimate of drug-likeness (QED) is 0.484. The van der Waals surface area contributed by atoms with Crippen molar-refractivity contribution in [3.05, 3.63) is 11.6 Å². The van der Waals surface area contributed by atoms with E-state index in [0.717, 1.165) is 12.8 Å². The van der Waals surface area contributed by atoms with Crippen molar-refractivity contribution in [2.45, 2.75) is 26.7 Å².